The highest BCUT2D eigenvalue weighted by Gasteiger charge is 2.55. The predicted molar refractivity (Wildman–Crippen MR) is 151 cm³/mol. The minimum absolute atomic E-state index is 0.0294. The number of β-lactam (4-membered cyclic amide) rings is 1. The number of nitrogens with two attached hydrogens (primary N) is 1. The fraction of sp³-hybridized carbons (Fsp3) is 0.385. The van der Waals surface area contributed by atoms with Crippen LogP contribution in [0.2, 0.25) is 0 Å². The number of carbonyl (C=O) groups excluding carboxylic acids is 4. The molecule has 0 aliphatic carbocycles. The average Bonchev–Trinajstić information content (AvgIpc) is 3.62. The largest absolute Gasteiger partial charge is 0.477 e. The van der Waals surface area contributed by atoms with Crippen LogP contribution in [0.25, 0.3) is 0 Å². The SMILES string of the molecule is CO/N=C(\C(=O)NC1C(=O)N2C(C(=O)O)=C(C[n+]3ccc(COC4(C(=O)OC)CCC(=O)O4)cc3)CS[C@H]12)c1csc(N)n1. The number of esters is 2. The third kappa shape index (κ3) is 5.95. The molecule has 3 atom stereocenters. The van der Waals surface area contributed by atoms with E-state index in [9.17, 15) is 29.1 Å². The number of thiazole rings is 1. The first kappa shape index (κ1) is 30.9. The third-order valence-electron chi connectivity index (χ3n) is 6.94. The van der Waals surface area contributed by atoms with Crippen molar-refractivity contribution in [1.82, 2.24) is 15.2 Å². The van der Waals surface area contributed by atoms with Gasteiger partial charge in [-0.2, -0.15) is 0 Å². The van der Waals surface area contributed by atoms with Crippen molar-refractivity contribution in [3.05, 3.63) is 52.4 Å². The summed E-state index contributed by atoms with van der Waals surface area (Å²) in [5, 5.41) is 17.5. The first-order valence-corrected chi connectivity index (χ1v) is 14.9. The quantitative estimate of drug-likeness (QED) is 0.0926. The van der Waals surface area contributed by atoms with Crippen LogP contribution in [0, 0.1) is 0 Å². The molecule has 0 aromatic carbocycles. The summed E-state index contributed by atoms with van der Waals surface area (Å²) in [5.41, 5.74) is 6.67. The maximum absolute atomic E-state index is 13.1. The fourth-order valence-electron chi connectivity index (χ4n) is 4.83. The van der Waals surface area contributed by atoms with Crippen LogP contribution in [-0.4, -0.2) is 87.6 Å². The van der Waals surface area contributed by atoms with Gasteiger partial charge in [0.25, 0.3) is 11.8 Å². The van der Waals surface area contributed by atoms with Crippen LogP contribution in [0.15, 0.2) is 46.3 Å². The van der Waals surface area contributed by atoms with Crippen molar-refractivity contribution in [2.24, 2.45) is 5.16 Å². The lowest BCUT2D eigenvalue weighted by atomic mass is 10.0. The van der Waals surface area contributed by atoms with Crippen LogP contribution in [0.4, 0.5) is 5.13 Å². The number of hydrogen-bond acceptors (Lipinski definition) is 14. The maximum atomic E-state index is 13.1. The van der Waals surface area contributed by atoms with E-state index in [2.05, 4.69) is 15.5 Å². The van der Waals surface area contributed by atoms with E-state index in [1.807, 2.05) is 0 Å². The maximum Gasteiger partial charge on any atom is 0.379 e. The first-order chi connectivity index (χ1) is 21.1. The number of oxime groups is 1. The molecule has 0 saturated carbocycles. The summed E-state index contributed by atoms with van der Waals surface area (Å²) in [4.78, 5) is 72.1. The molecular formula is C26H27N6O10S2+. The van der Waals surface area contributed by atoms with Gasteiger partial charge >= 0.3 is 23.7 Å². The number of nitrogen functional groups attached to an aromatic ring is 1. The molecule has 0 bridgehead atoms. The predicted octanol–water partition coefficient (Wildman–Crippen LogP) is -0.475. The number of rotatable bonds is 11. The summed E-state index contributed by atoms with van der Waals surface area (Å²) in [6, 6.07) is 2.43. The van der Waals surface area contributed by atoms with Crippen LogP contribution < -0.4 is 15.6 Å². The summed E-state index contributed by atoms with van der Waals surface area (Å²) in [5.74, 6) is -5.43. The number of amides is 2. The molecule has 2 unspecified atom stereocenters. The van der Waals surface area contributed by atoms with Crippen molar-refractivity contribution >= 4 is 63.7 Å². The summed E-state index contributed by atoms with van der Waals surface area (Å²) in [6.07, 6.45) is 3.45. The number of anilines is 1. The molecule has 0 spiro atoms. The van der Waals surface area contributed by atoms with E-state index in [1.54, 1.807) is 29.1 Å². The second kappa shape index (κ2) is 12.6. The second-order valence-corrected chi connectivity index (χ2v) is 11.7. The number of carbonyl (C=O) groups is 5. The number of carboxylic acid groups (broad SMARTS) is 1. The van der Waals surface area contributed by atoms with Gasteiger partial charge in [0.15, 0.2) is 29.8 Å². The minimum Gasteiger partial charge on any atom is -0.477 e. The van der Waals surface area contributed by atoms with Crippen molar-refractivity contribution in [3.63, 3.8) is 0 Å². The van der Waals surface area contributed by atoms with E-state index in [0.29, 0.717) is 11.1 Å². The highest BCUT2D eigenvalue weighted by atomic mass is 32.2. The molecular weight excluding hydrogens is 620 g/mol. The highest BCUT2D eigenvalue weighted by molar-refractivity contribution is 8.00. The summed E-state index contributed by atoms with van der Waals surface area (Å²) in [7, 11) is 2.44. The van der Waals surface area contributed by atoms with Gasteiger partial charge in [0, 0.05) is 35.3 Å². The molecule has 3 aliphatic rings. The molecule has 4 N–H and O–H groups in total. The van der Waals surface area contributed by atoms with Crippen LogP contribution in [-0.2, 0) is 56.2 Å². The fourth-order valence-corrected chi connectivity index (χ4v) is 6.71. The number of pyridine rings is 1. The number of carboxylic acids is 1. The molecule has 5 rings (SSSR count). The van der Waals surface area contributed by atoms with Gasteiger partial charge in [0.2, 0.25) is 0 Å². The van der Waals surface area contributed by atoms with Crippen LogP contribution in [0.5, 0.6) is 0 Å². The van der Waals surface area contributed by atoms with E-state index in [-0.39, 0.29) is 54.0 Å². The Labute approximate surface area is 257 Å². The van der Waals surface area contributed by atoms with E-state index in [1.165, 1.54) is 36.3 Å². The van der Waals surface area contributed by atoms with Gasteiger partial charge in [-0.25, -0.2) is 19.1 Å². The Morgan fingerprint density at radius 2 is 2.05 bits per heavy atom. The van der Waals surface area contributed by atoms with E-state index < -0.39 is 46.9 Å². The number of hydrogen-bond donors (Lipinski definition) is 3. The van der Waals surface area contributed by atoms with Gasteiger partial charge in [0.1, 0.15) is 29.9 Å². The number of methoxy groups -OCH3 is 1. The zero-order valence-corrected chi connectivity index (χ0v) is 25.0. The van der Waals surface area contributed by atoms with Crippen molar-refractivity contribution < 1.29 is 52.7 Å². The molecule has 2 fully saturated rings. The topological polar surface area (TPSA) is 213 Å². The molecule has 3 aliphatic heterocycles. The smallest absolute Gasteiger partial charge is 0.379 e. The summed E-state index contributed by atoms with van der Waals surface area (Å²) < 4.78 is 17.2. The number of aromatic nitrogens is 2. The highest BCUT2D eigenvalue weighted by Crippen LogP contribution is 2.40. The Kier molecular flexibility index (Phi) is 8.84. The van der Waals surface area contributed by atoms with Crippen molar-refractivity contribution in [3.8, 4) is 0 Å². The lowest BCUT2D eigenvalue weighted by Gasteiger charge is -2.49. The molecule has 2 saturated heterocycles. The zero-order valence-electron chi connectivity index (χ0n) is 23.4. The molecule has 2 aromatic rings. The average molecular weight is 648 g/mol. The molecule has 0 radical (unpaired) electrons. The molecule has 2 amide bonds. The number of nitrogens with one attached hydrogen (secondary N) is 1. The van der Waals surface area contributed by atoms with Crippen LogP contribution in [0.1, 0.15) is 24.1 Å². The Balaban J connectivity index is 1.25. The Hall–Kier alpha value is -4.55. The lowest BCUT2D eigenvalue weighted by Crippen LogP contribution is -2.71. The first-order valence-electron chi connectivity index (χ1n) is 13.0. The van der Waals surface area contributed by atoms with Crippen molar-refractivity contribution in [2.45, 2.75) is 43.2 Å². The normalized spacial score (nSPS) is 23.0. The number of fused-ring (bicyclic) bond motifs is 1. The van der Waals surface area contributed by atoms with Crippen LogP contribution in [0.3, 0.4) is 0 Å². The van der Waals surface area contributed by atoms with Gasteiger partial charge < -0.3 is 35.2 Å². The van der Waals surface area contributed by atoms with E-state index in [0.717, 1.165) is 11.3 Å². The number of cyclic esters (lactones) is 1. The zero-order chi connectivity index (χ0) is 31.6. The standard InChI is InChI=1S/C26H26N6O10S2/c1-39-24(38)26(6-3-16(33)42-26)41-10-13-4-7-31(8-5-13)9-14-11-43-22-18(21(35)32(22)19(14)23(36)37)29-20(34)17(30-40-2)15-12-44-25(27)28-15/h4-5,7-8,12,18,22H,3,6,9-11H2,1-2H3,(H3-,27,28,29,34,36,37)/p+1/b30-17-/t18?,22-,26?/m1/s1. The molecule has 232 valence electrons. The minimum atomic E-state index is -1.79. The molecule has 2 aromatic heterocycles. The summed E-state index contributed by atoms with van der Waals surface area (Å²) >= 11 is 2.42. The van der Waals surface area contributed by atoms with Crippen molar-refractivity contribution in [2.75, 3.05) is 25.7 Å². The van der Waals surface area contributed by atoms with Crippen LogP contribution >= 0.6 is 23.1 Å². The monoisotopic (exact) mass is 647 g/mol. The molecule has 16 nitrogen and oxygen atoms in total. The number of ether oxygens (including phenoxy) is 3. The van der Waals surface area contributed by atoms with Gasteiger partial charge in [-0.3, -0.25) is 19.3 Å². The third-order valence-corrected chi connectivity index (χ3v) is 8.95. The van der Waals surface area contributed by atoms with Gasteiger partial charge in [-0.1, -0.05) is 5.16 Å². The number of aliphatic carboxylic acids is 1. The molecule has 5 heterocycles. The van der Waals surface area contributed by atoms with Gasteiger partial charge in [-0.05, 0) is 5.56 Å². The Morgan fingerprint density at radius 1 is 1.30 bits per heavy atom. The molecule has 18 heteroatoms. The lowest BCUT2D eigenvalue weighted by molar-refractivity contribution is -0.689. The van der Waals surface area contributed by atoms with Gasteiger partial charge in [-0.15, -0.1) is 23.1 Å². The number of thioether (sulfide) groups is 1. The van der Waals surface area contributed by atoms with E-state index >= 15 is 0 Å². The Morgan fingerprint density at radius 3 is 2.64 bits per heavy atom. The number of nitrogens with zero attached hydrogens (tertiary/aromatic N) is 4. The Bertz CT molecular complexity index is 1570. The second-order valence-electron chi connectivity index (χ2n) is 9.70. The molecule has 44 heavy (non-hydrogen) atoms. The van der Waals surface area contributed by atoms with Gasteiger partial charge in [0.05, 0.1) is 20.1 Å². The van der Waals surface area contributed by atoms with Crippen molar-refractivity contribution in [1.29, 1.82) is 0 Å². The summed E-state index contributed by atoms with van der Waals surface area (Å²) in [6.45, 7) is 0.120. The van der Waals surface area contributed by atoms with E-state index in [4.69, 9.17) is 24.8 Å².